The molecule has 4 rings (SSSR count). The summed E-state index contributed by atoms with van der Waals surface area (Å²) >= 11 is 0. The molecule has 1 amide bonds. The van der Waals surface area contributed by atoms with Gasteiger partial charge in [-0.15, -0.1) is 5.10 Å². The molecule has 0 saturated heterocycles. The molecule has 14 heteroatoms. The van der Waals surface area contributed by atoms with Crippen LogP contribution in [0.4, 0.5) is 20.3 Å². The number of nitrogens with zero attached hydrogens (tertiary/aromatic N) is 4. The highest BCUT2D eigenvalue weighted by atomic mass is 19.1. The second kappa shape index (κ2) is 6.54. The van der Waals surface area contributed by atoms with E-state index in [1.165, 1.54) is 7.05 Å². The number of aromatic nitrogens is 6. The zero-order valence-electron chi connectivity index (χ0n) is 15.0. The molecule has 6 N–H and O–H groups in total. The van der Waals surface area contributed by atoms with Crippen LogP contribution >= 0.6 is 0 Å². The summed E-state index contributed by atoms with van der Waals surface area (Å²) in [5.74, 6) is -3.98. The number of hydrogen-bond acceptors (Lipinski definition) is 7. The third-order valence-electron chi connectivity index (χ3n) is 4.32. The largest absolute Gasteiger partial charge is 0.493 e. The van der Waals surface area contributed by atoms with E-state index in [-0.39, 0.29) is 34.0 Å². The third kappa shape index (κ3) is 2.78. The van der Waals surface area contributed by atoms with Crippen molar-refractivity contribution in [1.29, 1.82) is 0 Å². The predicted molar refractivity (Wildman–Crippen MR) is 99.0 cm³/mol. The number of amides is 1. The Morgan fingerprint density at radius 3 is 2.63 bits per heavy atom. The van der Waals surface area contributed by atoms with Crippen molar-refractivity contribution in [3.05, 3.63) is 56.6 Å². The number of fused-ring (bicyclic) bond motifs is 1. The smallest absolute Gasteiger partial charge is 0.328 e. The van der Waals surface area contributed by atoms with Gasteiger partial charge in [0.1, 0.15) is 11.3 Å². The molecule has 0 bridgehead atoms. The van der Waals surface area contributed by atoms with Gasteiger partial charge in [0.2, 0.25) is 11.7 Å². The Morgan fingerprint density at radius 2 is 1.97 bits per heavy atom. The molecular formula is C16H12F2N8O4. The van der Waals surface area contributed by atoms with E-state index in [1.54, 1.807) is 0 Å². The number of nitrogen functional groups attached to an aromatic ring is 1. The molecule has 4 aromatic heterocycles. The van der Waals surface area contributed by atoms with Crippen molar-refractivity contribution in [3.8, 4) is 17.1 Å². The summed E-state index contributed by atoms with van der Waals surface area (Å²) in [5.41, 5.74) is 2.62. The Bertz CT molecular complexity index is 1450. The SMILES string of the molecule is Cn1c(-c2c(F)cncc2NC(=O)c2c(N)nn3cc(F)c(=O)[nH]c23)c(O)[nH]c1=O. The Kier molecular flexibility index (Phi) is 4.11. The predicted octanol–water partition coefficient (Wildman–Crippen LogP) is -0.0703. The number of nitrogens with one attached hydrogen (secondary N) is 3. The van der Waals surface area contributed by atoms with Crippen LogP contribution < -0.4 is 22.3 Å². The van der Waals surface area contributed by atoms with E-state index in [1.807, 2.05) is 0 Å². The average Bonchev–Trinajstić information content (AvgIpc) is 3.11. The number of halogens is 2. The lowest BCUT2D eigenvalue weighted by molar-refractivity contribution is 0.102. The lowest BCUT2D eigenvalue weighted by Gasteiger charge is -2.12. The van der Waals surface area contributed by atoms with Gasteiger partial charge < -0.3 is 21.1 Å². The van der Waals surface area contributed by atoms with Crippen LogP contribution in [0, 0.1) is 11.6 Å². The second-order valence-corrected chi connectivity index (χ2v) is 6.17. The van der Waals surface area contributed by atoms with Crippen molar-refractivity contribution in [2.24, 2.45) is 7.05 Å². The lowest BCUT2D eigenvalue weighted by atomic mass is 10.1. The highest BCUT2D eigenvalue weighted by Crippen LogP contribution is 2.34. The van der Waals surface area contributed by atoms with Gasteiger partial charge in [0.15, 0.2) is 17.3 Å². The zero-order valence-corrected chi connectivity index (χ0v) is 15.0. The molecule has 0 aromatic carbocycles. The highest BCUT2D eigenvalue weighted by Gasteiger charge is 2.25. The van der Waals surface area contributed by atoms with E-state index in [0.717, 1.165) is 27.7 Å². The minimum Gasteiger partial charge on any atom is -0.493 e. The summed E-state index contributed by atoms with van der Waals surface area (Å²) in [4.78, 5) is 44.0. The molecule has 12 nitrogen and oxygen atoms in total. The average molecular weight is 418 g/mol. The van der Waals surface area contributed by atoms with Crippen LogP contribution in [0.25, 0.3) is 16.9 Å². The van der Waals surface area contributed by atoms with Gasteiger partial charge in [0.05, 0.1) is 29.8 Å². The molecule has 0 atom stereocenters. The summed E-state index contributed by atoms with van der Waals surface area (Å²) in [6, 6.07) is 0. The van der Waals surface area contributed by atoms with Crippen LogP contribution in [0.3, 0.4) is 0 Å². The first-order valence-electron chi connectivity index (χ1n) is 8.18. The number of aromatic amines is 2. The van der Waals surface area contributed by atoms with Gasteiger partial charge in [-0.3, -0.25) is 24.1 Å². The Hall–Kier alpha value is -4.49. The van der Waals surface area contributed by atoms with Crippen molar-refractivity contribution < 1.29 is 18.7 Å². The van der Waals surface area contributed by atoms with Crippen LogP contribution in [0.15, 0.2) is 28.2 Å². The number of H-pyrrole nitrogens is 2. The van der Waals surface area contributed by atoms with Gasteiger partial charge in [-0.05, 0) is 0 Å². The first kappa shape index (κ1) is 18.9. The Morgan fingerprint density at radius 1 is 1.23 bits per heavy atom. The Balaban J connectivity index is 1.85. The lowest BCUT2D eigenvalue weighted by Crippen LogP contribution is -2.18. The summed E-state index contributed by atoms with van der Waals surface area (Å²) in [7, 11) is 1.28. The van der Waals surface area contributed by atoms with Crippen molar-refractivity contribution >= 4 is 23.1 Å². The van der Waals surface area contributed by atoms with Crippen LogP contribution in [0.5, 0.6) is 5.88 Å². The van der Waals surface area contributed by atoms with Gasteiger partial charge in [0, 0.05) is 7.05 Å². The number of carbonyl (C=O) groups excluding carboxylic acids is 1. The maximum atomic E-state index is 14.5. The normalized spacial score (nSPS) is 11.2. The second-order valence-electron chi connectivity index (χ2n) is 6.17. The number of imidazole rings is 1. The van der Waals surface area contributed by atoms with E-state index in [9.17, 15) is 28.3 Å². The fourth-order valence-electron chi connectivity index (χ4n) is 2.97. The van der Waals surface area contributed by atoms with Gasteiger partial charge in [-0.2, -0.15) is 4.39 Å². The van der Waals surface area contributed by atoms with E-state index in [4.69, 9.17) is 5.73 Å². The first-order chi connectivity index (χ1) is 14.2. The summed E-state index contributed by atoms with van der Waals surface area (Å²) in [5, 5.41) is 16.1. The molecule has 0 spiro atoms. The third-order valence-corrected chi connectivity index (χ3v) is 4.32. The van der Waals surface area contributed by atoms with Crippen LogP contribution in [-0.2, 0) is 7.05 Å². The summed E-state index contributed by atoms with van der Waals surface area (Å²) in [6.45, 7) is 0. The number of carbonyl (C=O) groups is 1. The van der Waals surface area contributed by atoms with Crippen molar-refractivity contribution in [1.82, 2.24) is 29.1 Å². The number of nitrogens with two attached hydrogens (primary N) is 1. The molecule has 0 aliphatic carbocycles. The molecule has 4 aromatic rings. The molecule has 4 heterocycles. The molecule has 0 radical (unpaired) electrons. The molecule has 0 saturated carbocycles. The molecule has 0 aliphatic rings. The molecule has 0 unspecified atom stereocenters. The Labute approximate surface area is 163 Å². The van der Waals surface area contributed by atoms with Crippen LogP contribution in [0.2, 0.25) is 0 Å². The van der Waals surface area contributed by atoms with E-state index < -0.39 is 34.7 Å². The number of hydrogen-bond donors (Lipinski definition) is 5. The van der Waals surface area contributed by atoms with E-state index in [2.05, 4.69) is 25.4 Å². The fraction of sp³-hybridized carbons (Fsp3) is 0.0625. The van der Waals surface area contributed by atoms with Gasteiger partial charge in [0.25, 0.3) is 11.5 Å². The van der Waals surface area contributed by atoms with Gasteiger partial charge in [-0.25, -0.2) is 13.7 Å². The number of anilines is 2. The summed E-state index contributed by atoms with van der Waals surface area (Å²) < 4.78 is 29.8. The standard InChI is InChI=1S/C16H12F2N8O4/c1-25-10(15(29)23-16(25)30)8-5(17)2-20-3-7(8)21-14(28)9-11(19)24-26-4-6(18)13(27)22-12(9)26/h2-4,29H,1H3,(H2,19,24)(H,21,28)(H,22,27)(H,23,30). The van der Waals surface area contributed by atoms with Gasteiger partial charge >= 0.3 is 5.69 Å². The molecule has 0 fully saturated rings. The van der Waals surface area contributed by atoms with Crippen molar-refractivity contribution in [2.45, 2.75) is 0 Å². The first-order valence-corrected chi connectivity index (χ1v) is 8.18. The molecule has 30 heavy (non-hydrogen) atoms. The van der Waals surface area contributed by atoms with Crippen LogP contribution in [0.1, 0.15) is 10.4 Å². The number of aromatic hydroxyl groups is 1. The molecular weight excluding hydrogens is 406 g/mol. The van der Waals surface area contributed by atoms with Crippen molar-refractivity contribution in [2.75, 3.05) is 11.1 Å². The topological polar surface area (TPSA) is 176 Å². The highest BCUT2D eigenvalue weighted by molar-refractivity contribution is 6.12. The van der Waals surface area contributed by atoms with E-state index in [0.29, 0.717) is 0 Å². The van der Waals surface area contributed by atoms with E-state index >= 15 is 0 Å². The summed E-state index contributed by atoms with van der Waals surface area (Å²) in [6.07, 6.45) is 2.65. The quantitative estimate of drug-likeness (QED) is 0.309. The van der Waals surface area contributed by atoms with Gasteiger partial charge in [-0.1, -0.05) is 0 Å². The maximum absolute atomic E-state index is 14.5. The van der Waals surface area contributed by atoms with Crippen LogP contribution in [-0.4, -0.2) is 40.1 Å². The fourth-order valence-corrected chi connectivity index (χ4v) is 2.97. The minimum atomic E-state index is -1.14. The molecule has 154 valence electrons. The maximum Gasteiger partial charge on any atom is 0.328 e. The minimum absolute atomic E-state index is 0.195. The monoisotopic (exact) mass is 418 g/mol. The zero-order chi connectivity index (χ0) is 21.7. The van der Waals surface area contributed by atoms with Crippen molar-refractivity contribution in [3.63, 3.8) is 0 Å². The number of pyridine rings is 1. The molecule has 0 aliphatic heterocycles. The number of rotatable bonds is 3.